The molecular formula is C23H25N5O4. The van der Waals surface area contributed by atoms with Crippen LogP contribution >= 0.6 is 0 Å². The topological polar surface area (TPSA) is 115 Å². The second-order valence-electron chi connectivity index (χ2n) is 8.26. The Bertz CT molecular complexity index is 1280. The Morgan fingerprint density at radius 3 is 2.88 bits per heavy atom. The molecule has 0 spiro atoms. The lowest BCUT2D eigenvalue weighted by Crippen LogP contribution is -2.22. The van der Waals surface area contributed by atoms with E-state index in [-0.39, 0.29) is 12.7 Å². The maximum absolute atomic E-state index is 10.3. The summed E-state index contributed by atoms with van der Waals surface area (Å²) in [7, 11) is 1.59. The molecule has 0 bridgehead atoms. The molecule has 1 aliphatic carbocycles. The number of allylic oxidation sites excluding steroid dienone is 2. The molecule has 5 rings (SSSR count). The molecule has 9 nitrogen and oxygen atoms in total. The first kappa shape index (κ1) is 20.4. The fourth-order valence-corrected chi connectivity index (χ4v) is 4.57. The number of aliphatic hydroxyl groups is 1. The maximum atomic E-state index is 10.3. The van der Waals surface area contributed by atoms with Crippen molar-refractivity contribution in [2.75, 3.05) is 13.9 Å². The number of aliphatic hydroxyl groups excluding tert-OH is 1. The van der Waals surface area contributed by atoms with Gasteiger partial charge >= 0.3 is 0 Å². The summed E-state index contributed by atoms with van der Waals surface area (Å²) in [5.41, 5.74) is 3.28. The zero-order valence-electron chi connectivity index (χ0n) is 18.2. The normalized spacial score (nSPS) is 19.6. The number of benzene rings is 1. The molecule has 166 valence electrons. The van der Waals surface area contributed by atoms with Gasteiger partial charge < -0.3 is 24.7 Å². The molecule has 1 fully saturated rings. The van der Waals surface area contributed by atoms with Crippen LogP contribution in [0.5, 0.6) is 5.75 Å². The van der Waals surface area contributed by atoms with Crippen LogP contribution in [0.3, 0.4) is 0 Å². The number of methoxy groups -OCH3 is 1. The minimum Gasteiger partial charge on any atom is -0.496 e. The van der Waals surface area contributed by atoms with E-state index in [1.54, 1.807) is 27.2 Å². The second-order valence-corrected chi connectivity index (χ2v) is 8.26. The van der Waals surface area contributed by atoms with Crippen LogP contribution in [0.1, 0.15) is 37.6 Å². The first-order valence-electron chi connectivity index (χ1n) is 10.6. The lowest BCUT2D eigenvalue weighted by atomic mass is 9.89. The third-order valence-electron chi connectivity index (χ3n) is 6.04. The van der Waals surface area contributed by atoms with Crippen molar-refractivity contribution in [3.8, 4) is 5.75 Å². The number of aromatic nitrogens is 4. The van der Waals surface area contributed by atoms with Crippen LogP contribution in [0.25, 0.3) is 16.7 Å². The Labute approximate surface area is 184 Å². The minimum atomic E-state index is -0.730. The Morgan fingerprint density at radius 1 is 1.31 bits per heavy atom. The highest BCUT2D eigenvalue weighted by Gasteiger charge is 2.26. The molecule has 2 aliphatic rings. The molecule has 3 aromatic rings. The average Bonchev–Trinajstić information content (AvgIpc) is 3.39. The van der Waals surface area contributed by atoms with Gasteiger partial charge in [0, 0.05) is 23.8 Å². The van der Waals surface area contributed by atoms with Crippen LogP contribution in [0.2, 0.25) is 0 Å². The zero-order valence-corrected chi connectivity index (χ0v) is 18.2. The first-order valence-corrected chi connectivity index (χ1v) is 10.6. The van der Waals surface area contributed by atoms with Crippen LogP contribution in [-0.2, 0) is 15.9 Å². The quantitative estimate of drug-likeness (QED) is 0.572. The van der Waals surface area contributed by atoms with Gasteiger partial charge in [0.2, 0.25) is 6.79 Å². The molecule has 0 amide bonds. The van der Waals surface area contributed by atoms with Gasteiger partial charge in [-0.3, -0.25) is 9.38 Å². The van der Waals surface area contributed by atoms with Gasteiger partial charge in [-0.05, 0) is 44.4 Å². The Hall–Kier alpha value is -3.46. The van der Waals surface area contributed by atoms with Crippen molar-refractivity contribution >= 4 is 22.4 Å². The highest BCUT2D eigenvalue weighted by Crippen LogP contribution is 2.35. The predicted octanol–water partition coefficient (Wildman–Crippen LogP) is 3.12. The van der Waals surface area contributed by atoms with E-state index in [1.807, 2.05) is 16.5 Å². The zero-order chi connectivity index (χ0) is 22.4. The number of rotatable bonds is 6. The average molecular weight is 435 g/mol. The van der Waals surface area contributed by atoms with Crippen molar-refractivity contribution in [2.45, 2.75) is 38.7 Å². The van der Waals surface area contributed by atoms with Crippen LogP contribution < -0.4 is 4.74 Å². The molecular weight excluding hydrogens is 410 g/mol. The largest absolute Gasteiger partial charge is 0.496 e. The van der Waals surface area contributed by atoms with E-state index in [2.05, 4.69) is 27.3 Å². The van der Waals surface area contributed by atoms with Gasteiger partial charge in [0.05, 0.1) is 36.4 Å². The van der Waals surface area contributed by atoms with E-state index in [1.165, 1.54) is 0 Å². The minimum absolute atomic E-state index is 0.215. The summed E-state index contributed by atoms with van der Waals surface area (Å²) in [5.74, 6) is 2.75. The third kappa shape index (κ3) is 3.38. The molecule has 32 heavy (non-hydrogen) atoms. The summed E-state index contributed by atoms with van der Waals surface area (Å²) in [6.45, 7) is 3.63. The predicted molar refractivity (Wildman–Crippen MR) is 118 cm³/mol. The molecule has 2 aromatic heterocycles. The van der Waals surface area contributed by atoms with Gasteiger partial charge in [0.25, 0.3) is 0 Å². The standard InChI is InChI=1S/C23H25N5O4/c1-12(24)23(13(2)29)15-8-16-17(9-19(15)30-3)28-21(26-27-22(28)10-25-16)7-14-4-5-18-20(6-14)32-11-31-18/h5-6,8-10,13-14,23-24,29H,4,7,11H2,1-3H3. The molecule has 1 aliphatic heterocycles. The van der Waals surface area contributed by atoms with Crippen LogP contribution in [0, 0.1) is 11.3 Å². The van der Waals surface area contributed by atoms with Crippen molar-refractivity contribution < 1.29 is 19.3 Å². The van der Waals surface area contributed by atoms with Crippen molar-refractivity contribution in [3.63, 3.8) is 0 Å². The second kappa shape index (κ2) is 7.90. The van der Waals surface area contributed by atoms with Gasteiger partial charge in [-0.25, -0.2) is 0 Å². The Balaban J connectivity index is 1.59. The van der Waals surface area contributed by atoms with Crippen molar-refractivity contribution in [1.29, 1.82) is 5.41 Å². The fourth-order valence-electron chi connectivity index (χ4n) is 4.57. The SMILES string of the molecule is COc1cc2c(cc1C(C(C)=N)C(C)O)ncc1nnc(CC3C=C4OCOC4=CC3)n12. The van der Waals surface area contributed by atoms with Crippen molar-refractivity contribution in [1.82, 2.24) is 19.6 Å². The van der Waals surface area contributed by atoms with Gasteiger partial charge in [-0.1, -0.05) is 0 Å². The molecule has 9 heteroatoms. The highest BCUT2D eigenvalue weighted by atomic mass is 16.7. The van der Waals surface area contributed by atoms with E-state index in [4.69, 9.17) is 19.6 Å². The number of hydrogen-bond acceptors (Lipinski definition) is 8. The van der Waals surface area contributed by atoms with Crippen molar-refractivity contribution in [3.05, 3.63) is 53.4 Å². The molecule has 3 heterocycles. The fraction of sp³-hybridized carbons (Fsp3) is 0.391. The van der Waals surface area contributed by atoms with E-state index in [0.717, 1.165) is 40.4 Å². The molecule has 1 saturated heterocycles. The van der Waals surface area contributed by atoms with Gasteiger partial charge in [0.15, 0.2) is 17.2 Å². The van der Waals surface area contributed by atoms with Gasteiger partial charge in [-0.15, -0.1) is 10.2 Å². The smallest absolute Gasteiger partial charge is 0.231 e. The summed E-state index contributed by atoms with van der Waals surface area (Å²) in [4.78, 5) is 4.56. The summed E-state index contributed by atoms with van der Waals surface area (Å²) in [5, 5.41) is 27.2. The monoisotopic (exact) mass is 435 g/mol. The number of nitrogens with one attached hydrogen (secondary N) is 1. The number of hydrogen-bond donors (Lipinski definition) is 2. The number of fused-ring (bicyclic) bond motifs is 4. The lowest BCUT2D eigenvalue weighted by Gasteiger charge is -2.22. The van der Waals surface area contributed by atoms with E-state index in [9.17, 15) is 5.11 Å². The van der Waals surface area contributed by atoms with Gasteiger partial charge in [0.1, 0.15) is 11.6 Å². The highest BCUT2D eigenvalue weighted by molar-refractivity contribution is 5.90. The summed E-state index contributed by atoms with van der Waals surface area (Å²) in [6.07, 6.45) is 6.62. The van der Waals surface area contributed by atoms with E-state index >= 15 is 0 Å². The number of nitrogens with zero attached hydrogens (tertiary/aromatic N) is 4. The van der Waals surface area contributed by atoms with Crippen molar-refractivity contribution in [2.24, 2.45) is 5.92 Å². The van der Waals surface area contributed by atoms with E-state index in [0.29, 0.717) is 23.5 Å². The molecule has 0 radical (unpaired) electrons. The molecule has 1 aromatic carbocycles. The summed E-state index contributed by atoms with van der Waals surface area (Å²) < 4.78 is 18.6. The Morgan fingerprint density at radius 2 is 2.12 bits per heavy atom. The number of ether oxygens (including phenoxy) is 3. The molecule has 3 unspecified atom stereocenters. The molecule has 3 atom stereocenters. The summed E-state index contributed by atoms with van der Waals surface area (Å²) in [6, 6.07) is 3.77. The van der Waals surface area contributed by atoms with Gasteiger partial charge in [-0.2, -0.15) is 0 Å². The van der Waals surface area contributed by atoms with Crippen LogP contribution in [0.15, 0.2) is 42.0 Å². The maximum Gasteiger partial charge on any atom is 0.231 e. The lowest BCUT2D eigenvalue weighted by molar-refractivity contribution is 0.0977. The Kier molecular flexibility index (Phi) is 5.05. The molecule has 2 N–H and O–H groups in total. The van der Waals surface area contributed by atoms with E-state index < -0.39 is 12.0 Å². The van der Waals surface area contributed by atoms with Crippen LogP contribution in [0.4, 0.5) is 0 Å². The van der Waals surface area contributed by atoms with Crippen LogP contribution in [-0.4, -0.2) is 50.4 Å². The molecule has 0 saturated carbocycles. The third-order valence-corrected chi connectivity index (χ3v) is 6.04. The first-order chi connectivity index (χ1) is 15.5. The summed E-state index contributed by atoms with van der Waals surface area (Å²) >= 11 is 0.